The molecule has 7 nitrogen and oxygen atoms in total. The molecule has 0 unspecified atom stereocenters. The van der Waals surface area contributed by atoms with Gasteiger partial charge in [-0.1, -0.05) is 48.5 Å². The number of carbonyl (C=O) groups excluding carboxylic acids is 2. The Kier molecular flexibility index (Phi) is 4.18. The van der Waals surface area contributed by atoms with Crippen LogP contribution in [0.2, 0.25) is 0 Å². The lowest BCUT2D eigenvalue weighted by Crippen LogP contribution is -2.32. The summed E-state index contributed by atoms with van der Waals surface area (Å²) in [6.45, 7) is -0.0458. The maximum atomic E-state index is 12.6. The van der Waals surface area contributed by atoms with Crippen LogP contribution >= 0.6 is 0 Å². The molecule has 26 heavy (non-hydrogen) atoms. The van der Waals surface area contributed by atoms with E-state index >= 15 is 0 Å². The fourth-order valence-corrected chi connectivity index (χ4v) is 2.86. The Morgan fingerprint density at radius 1 is 0.962 bits per heavy atom. The summed E-state index contributed by atoms with van der Waals surface area (Å²) in [5, 5.41) is 10.6. The van der Waals surface area contributed by atoms with Gasteiger partial charge >= 0.3 is 6.03 Å². The summed E-state index contributed by atoms with van der Waals surface area (Å²) < 4.78 is 5.59. The van der Waals surface area contributed by atoms with Gasteiger partial charge in [-0.25, -0.2) is 4.79 Å². The number of nitrogens with zero attached hydrogens (tertiary/aromatic N) is 3. The highest BCUT2D eigenvalue weighted by atomic mass is 16.4. The molecular weight excluding hydrogens is 332 g/mol. The van der Waals surface area contributed by atoms with Gasteiger partial charge in [0, 0.05) is 12.0 Å². The van der Waals surface area contributed by atoms with E-state index in [1.54, 1.807) is 0 Å². The summed E-state index contributed by atoms with van der Waals surface area (Å²) in [6.07, 6.45) is 0.445. The van der Waals surface area contributed by atoms with Gasteiger partial charge in [-0.2, -0.15) is 0 Å². The molecule has 1 aliphatic heterocycles. The lowest BCUT2D eigenvalue weighted by molar-refractivity contribution is -0.128. The number of rotatable bonds is 5. The van der Waals surface area contributed by atoms with Crippen molar-refractivity contribution >= 4 is 11.9 Å². The lowest BCUT2D eigenvalue weighted by Gasteiger charge is -2.10. The predicted octanol–water partition coefficient (Wildman–Crippen LogP) is 2.40. The zero-order chi connectivity index (χ0) is 17.9. The van der Waals surface area contributed by atoms with E-state index in [2.05, 4.69) is 15.5 Å². The average Bonchev–Trinajstić information content (AvgIpc) is 3.24. The van der Waals surface area contributed by atoms with Gasteiger partial charge in [0.1, 0.15) is 12.6 Å². The first-order valence-electron chi connectivity index (χ1n) is 8.24. The summed E-state index contributed by atoms with van der Waals surface area (Å²) >= 11 is 0. The number of hydrogen-bond donors (Lipinski definition) is 1. The third kappa shape index (κ3) is 3.19. The van der Waals surface area contributed by atoms with Crippen molar-refractivity contribution in [1.82, 2.24) is 20.4 Å². The second kappa shape index (κ2) is 6.79. The Morgan fingerprint density at radius 3 is 2.38 bits per heavy atom. The number of urea groups is 1. The third-order valence-corrected chi connectivity index (χ3v) is 4.17. The van der Waals surface area contributed by atoms with Gasteiger partial charge in [0.2, 0.25) is 11.8 Å². The highest BCUT2D eigenvalue weighted by molar-refractivity contribution is 6.04. The minimum absolute atomic E-state index is 0.0458. The molecule has 1 saturated heterocycles. The summed E-state index contributed by atoms with van der Waals surface area (Å²) in [5.41, 5.74) is 1.77. The third-order valence-electron chi connectivity index (χ3n) is 4.17. The first kappa shape index (κ1) is 16.0. The molecule has 1 aromatic heterocycles. The van der Waals surface area contributed by atoms with Crippen molar-refractivity contribution in [3.05, 3.63) is 72.1 Å². The smallest absolute Gasteiger partial charge is 0.325 e. The number of nitrogens with one attached hydrogen (secondary N) is 1. The number of carbonyl (C=O) groups is 2. The van der Waals surface area contributed by atoms with Gasteiger partial charge in [-0.15, -0.1) is 10.2 Å². The van der Waals surface area contributed by atoms with Gasteiger partial charge in [-0.05, 0) is 17.7 Å². The van der Waals surface area contributed by atoms with E-state index in [0.717, 1.165) is 16.0 Å². The Morgan fingerprint density at radius 2 is 1.65 bits per heavy atom. The fourth-order valence-electron chi connectivity index (χ4n) is 2.86. The Balaban J connectivity index is 1.46. The van der Waals surface area contributed by atoms with E-state index < -0.39 is 12.1 Å². The molecule has 130 valence electrons. The number of amides is 3. The van der Waals surface area contributed by atoms with Crippen molar-refractivity contribution in [3.63, 3.8) is 0 Å². The summed E-state index contributed by atoms with van der Waals surface area (Å²) in [7, 11) is 0. The fraction of sp³-hybridized carbons (Fsp3) is 0.158. The van der Waals surface area contributed by atoms with E-state index in [4.69, 9.17) is 4.42 Å². The summed E-state index contributed by atoms with van der Waals surface area (Å²) in [6, 6.07) is 17.8. The van der Waals surface area contributed by atoms with Crippen LogP contribution in [0.15, 0.2) is 65.1 Å². The molecule has 3 aromatic rings. The van der Waals surface area contributed by atoms with Crippen LogP contribution in [0.1, 0.15) is 11.5 Å². The van der Waals surface area contributed by atoms with Gasteiger partial charge < -0.3 is 9.73 Å². The molecule has 0 radical (unpaired) electrons. The molecule has 3 amide bonds. The zero-order valence-electron chi connectivity index (χ0n) is 13.8. The van der Waals surface area contributed by atoms with Gasteiger partial charge in [0.25, 0.3) is 5.91 Å². The van der Waals surface area contributed by atoms with E-state index in [-0.39, 0.29) is 18.3 Å². The van der Waals surface area contributed by atoms with E-state index in [9.17, 15) is 9.59 Å². The number of imide groups is 1. The molecule has 2 aromatic carbocycles. The van der Waals surface area contributed by atoms with Crippen LogP contribution in [0.5, 0.6) is 0 Å². The van der Waals surface area contributed by atoms with Crippen LogP contribution in [0.25, 0.3) is 11.5 Å². The summed E-state index contributed by atoms with van der Waals surface area (Å²) in [4.78, 5) is 25.8. The van der Waals surface area contributed by atoms with Crippen LogP contribution in [-0.4, -0.2) is 33.1 Å². The molecule has 4 rings (SSSR count). The van der Waals surface area contributed by atoms with Crippen LogP contribution in [0.4, 0.5) is 4.79 Å². The topological polar surface area (TPSA) is 88.3 Å². The Bertz CT molecular complexity index is 924. The minimum Gasteiger partial charge on any atom is -0.419 e. The van der Waals surface area contributed by atoms with E-state index in [1.807, 2.05) is 60.7 Å². The SMILES string of the molecule is O=C1N[C@H](Cc2ccccc2)C(=O)N1Cc1nnc(-c2ccccc2)o1. The molecule has 1 aliphatic rings. The molecule has 7 heteroatoms. The van der Waals surface area contributed by atoms with Crippen molar-refractivity contribution < 1.29 is 14.0 Å². The van der Waals surface area contributed by atoms with Crippen LogP contribution < -0.4 is 5.32 Å². The Hall–Kier alpha value is -3.48. The maximum Gasteiger partial charge on any atom is 0.325 e. The minimum atomic E-state index is -0.582. The highest BCUT2D eigenvalue weighted by Crippen LogP contribution is 2.19. The maximum absolute atomic E-state index is 12.6. The number of hydrogen-bond acceptors (Lipinski definition) is 5. The number of benzene rings is 2. The monoisotopic (exact) mass is 348 g/mol. The van der Waals surface area contributed by atoms with Crippen molar-refractivity contribution in [2.45, 2.75) is 19.0 Å². The van der Waals surface area contributed by atoms with Crippen LogP contribution in [-0.2, 0) is 17.8 Å². The molecule has 0 aliphatic carbocycles. The molecule has 0 bridgehead atoms. The van der Waals surface area contributed by atoms with Crippen molar-refractivity contribution in [1.29, 1.82) is 0 Å². The molecule has 0 saturated carbocycles. The molecule has 1 fully saturated rings. The lowest BCUT2D eigenvalue weighted by atomic mass is 10.1. The standard InChI is InChI=1S/C19H16N4O3/c24-18-15(11-13-7-3-1-4-8-13)20-19(25)23(18)12-16-21-22-17(26-16)14-9-5-2-6-10-14/h1-10,15H,11-12H2,(H,20,25)/t15-/m1/s1. The molecular formula is C19H16N4O3. The first-order chi connectivity index (χ1) is 12.7. The Labute approximate surface area is 149 Å². The highest BCUT2D eigenvalue weighted by Gasteiger charge is 2.38. The zero-order valence-corrected chi connectivity index (χ0v) is 13.8. The second-order valence-corrected chi connectivity index (χ2v) is 5.98. The van der Waals surface area contributed by atoms with Gasteiger partial charge in [-0.3, -0.25) is 9.69 Å². The largest absolute Gasteiger partial charge is 0.419 e. The van der Waals surface area contributed by atoms with E-state index in [1.165, 1.54) is 0 Å². The predicted molar refractivity (Wildman–Crippen MR) is 92.7 cm³/mol. The second-order valence-electron chi connectivity index (χ2n) is 5.98. The van der Waals surface area contributed by atoms with Crippen molar-refractivity contribution in [2.24, 2.45) is 0 Å². The van der Waals surface area contributed by atoms with Crippen LogP contribution in [0.3, 0.4) is 0 Å². The number of aromatic nitrogens is 2. The quantitative estimate of drug-likeness (QED) is 0.715. The van der Waals surface area contributed by atoms with Crippen molar-refractivity contribution in [3.8, 4) is 11.5 Å². The first-order valence-corrected chi connectivity index (χ1v) is 8.24. The van der Waals surface area contributed by atoms with Crippen LogP contribution in [0, 0.1) is 0 Å². The van der Waals surface area contributed by atoms with Crippen molar-refractivity contribution in [2.75, 3.05) is 0 Å². The molecule has 1 N–H and O–H groups in total. The average molecular weight is 348 g/mol. The normalized spacial score (nSPS) is 16.8. The van der Waals surface area contributed by atoms with Gasteiger partial charge in [0.05, 0.1) is 0 Å². The van der Waals surface area contributed by atoms with Gasteiger partial charge in [0.15, 0.2) is 0 Å². The molecule has 1 atom stereocenters. The van der Waals surface area contributed by atoms with E-state index in [0.29, 0.717) is 12.3 Å². The molecule has 0 spiro atoms. The molecule has 2 heterocycles. The summed E-state index contributed by atoms with van der Waals surface area (Å²) in [5.74, 6) is 0.277.